The largest absolute Gasteiger partial charge is 0.497 e. The first-order chi connectivity index (χ1) is 4.86. The van der Waals surface area contributed by atoms with Gasteiger partial charge in [-0.25, -0.2) is 0 Å². The monoisotopic (exact) mass is 190 g/mol. The smallest absolute Gasteiger partial charge is 0.118 e. The fourth-order valence-electron chi connectivity index (χ4n) is 0.762. The summed E-state index contributed by atoms with van der Waals surface area (Å²) in [4.78, 5) is 0. The highest BCUT2D eigenvalue weighted by Crippen LogP contribution is 2.12. The molecule has 0 aromatic heterocycles. The minimum atomic E-state index is 0. The highest BCUT2D eigenvalue weighted by atomic mass is 35.5. The van der Waals surface area contributed by atoms with Crippen molar-refractivity contribution in [2.75, 3.05) is 7.11 Å². The van der Waals surface area contributed by atoms with E-state index in [2.05, 4.69) is 21.4 Å². The van der Waals surface area contributed by atoms with E-state index in [9.17, 15) is 0 Å². The van der Waals surface area contributed by atoms with Gasteiger partial charge in [0.1, 0.15) is 5.75 Å². The molecule has 0 fully saturated rings. The van der Waals surface area contributed by atoms with E-state index in [-0.39, 0.29) is 12.4 Å². The Morgan fingerprint density at radius 1 is 1.27 bits per heavy atom. The summed E-state index contributed by atoms with van der Waals surface area (Å²) in [6, 6.07) is 8.07. The molecular formula is C8H12ClOP. The van der Waals surface area contributed by atoms with Crippen LogP contribution in [0.2, 0.25) is 0 Å². The van der Waals surface area contributed by atoms with Gasteiger partial charge in [-0.3, -0.25) is 0 Å². The summed E-state index contributed by atoms with van der Waals surface area (Å²) < 4.78 is 5.01. The first-order valence-corrected chi connectivity index (χ1v) is 4.01. The van der Waals surface area contributed by atoms with Crippen LogP contribution in [0.4, 0.5) is 0 Å². The van der Waals surface area contributed by atoms with Crippen molar-refractivity contribution in [3.63, 3.8) is 0 Å². The van der Waals surface area contributed by atoms with Crippen LogP contribution in [0.15, 0.2) is 24.3 Å². The summed E-state index contributed by atoms with van der Waals surface area (Å²) in [5.74, 6) is 0.919. The Morgan fingerprint density at radius 3 is 2.18 bits per heavy atom. The number of hydrogen-bond donors (Lipinski definition) is 0. The SMILES string of the molecule is COc1ccc(CP)cc1.Cl. The van der Waals surface area contributed by atoms with Gasteiger partial charge in [0.25, 0.3) is 0 Å². The topological polar surface area (TPSA) is 9.23 Å². The number of hydrogen-bond acceptors (Lipinski definition) is 1. The molecule has 62 valence electrons. The first-order valence-electron chi connectivity index (χ1n) is 3.20. The van der Waals surface area contributed by atoms with Crippen molar-refractivity contribution in [2.45, 2.75) is 6.16 Å². The maximum Gasteiger partial charge on any atom is 0.118 e. The summed E-state index contributed by atoms with van der Waals surface area (Å²) in [5, 5.41) is 0. The highest BCUT2D eigenvalue weighted by Gasteiger charge is 1.89. The van der Waals surface area contributed by atoms with Crippen molar-refractivity contribution in [2.24, 2.45) is 0 Å². The summed E-state index contributed by atoms with van der Waals surface area (Å²) in [6.07, 6.45) is 1.00. The van der Waals surface area contributed by atoms with E-state index in [0.717, 1.165) is 11.9 Å². The van der Waals surface area contributed by atoms with Crippen LogP contribution in [-0.2, 0) is 6.16 Å². The lowest BCUT2D eigenvalue weighted by atomic mass is 10.2. The number of ether oxygens (including phenoxy) is 1. The second kappa shape index (κ2) is 5.40. The molecule has 0 N–H and O–H groups in total. The molecule has 0 aliphatic rings. The van der Waals surface area contributed by atoms with Gasteiger partial charge in [-0.1, -0.05) is 12.1 Å². The summed E-state index contributed by atoms with van der Waals surface area (Å²) in [7, 11) is 4.36. The molecule has 0 spiro atoms. The second-order valence-electron chi connectivity index (χ2n) is 2.05. The van der Waals surface area contributed by atoms with E-state index in [1.807, 2.05) is 12.1 Å². The molecular weight excluding hydrogens is 179 g/mol. The number of methoxy groups -OCH3 is 1. The van der Waals surface area contributed by atoms with Gasteiger partial charge in [0, 0.05) is 0 Å². The predicted molar refractivity (Wildman–Crippen MR) is 53.7 cm³/mol. The van der Waals surface area contributed by atoms with Crippen molar-refractivity contribution in [3.05, 3.63) is 29.8 Å². The van der Waals surface area contributed by atoms with Crippen molar-refractivity contribution in [1.29, 1.82) is 0 Å². The minimum absolute atomic E-state index is 0. The van der Waals surface area contributed by atoms with Gasteiger partial charge in [-0.15, -0.1) is 21.6 Å². The molecule has 0 bridgehead atoms. The third-order valence-corrected chi connectivity index (χ3v) is 1.87. The zero-order valence-corrected chi connectivity index (χ0v) is 8.38. The molecule has 0 radical (unpaired) electrons. The lowest BCUT2D eigenvalue weighted by molar-refractivity contribution is 0.414. The van der Waals surface area contributed by atoms with E-state index >= 15 is 0 Å². The standard InChI is InChI=1S/C8H11OP.ClH/c1-9-8-4-2-7(6-10)3-5-8;/h2-5H,6,10H2,1H3;1H. The van der Waals surface area contributed by atoms with Crippen LogP contribution in [0.1, 0.15) is 5.56 Å². The molecule has 0 saturated carbocycles. The molecule has 1 aromatic carbocycles. The number of rotatable bonds is 2. The molecule has 1 unspecified atom stereocenters. The third-order valence-electron chi connectivity index (χ3n) is 1.39. The van der Waals surface area contributed by atoms with Crippen molar-refractivity contribution < 1.29 is 4.74 Å². The first kappa shape index (κ1) is 10.7. The predicted octanol–water partition coefficient (Wildman–Crippen LogP) is 2.49. The molecule has 1 atom stereocenters. The average Bonchev–Trinajstić information content (AvgIpc) is 2.05. The normalized spacial score (nSPS) is 8.55. The van der Waals surface area contributed by atoms with Gasteiger partial charge in [-0.05, 0) is 23.9 Å². The maximum absolute atomic E-state index is 5.01. The maximum atomic E-state index is 5.01. The molecule has 11 heavy (non-hydrogen) atoms. The van der Waals surface area contributed by atoms with Gasteiger partial charge in [0.05, 0.1) is 7.11 Å². The lowest BCUT2D eigenvalue weighted by Gasteiger charge is -1.99. The Labute approximate surface area is 75.8 Å². The van der Waals surface area contributed by atoms with Gasteiger partial charge in [-0.2, -0.15) is 0 Å². The van der Waals surface area contributed by atoms with Crippen molar-refractivity contribution >= 4 is 21.6 Å². The summed E-state index contributed by atoms with van der Waals surface area (Å²) in [6.45, 7) is 0. The van der Waals surface area contributed by atoms with Crippen LogP contribution in [-0.4, -0.2) is 7.11 Å². The van der Waals surface area contributed by atoms with Crippen LogP contribution in [0, 0.1) is 0 Å². The summed E-state index contributed by atoms with van der Waals surface area (Å²) >= 11 is 0. The van der Waals surface area contributed by atoms with Gasteiger partial charge in [0.15, 0.2) is 0 Å². The Balaban J connectivity index is 0.000001000. The van der Waals surface area contributed by atoms with Gasteiger partial charge >= 0.3 is 0 Å². The minimum Gasteiger partial charge on any atom is -0.497 e. The number of benzene rings is 1. The van der Waals surface area contributed by atoms with E-state index in [4.69, 9.17) is 4.74 Å². The van der Waals surface area contributed by atoms with Crippen LogP contribution < -0.4 is 4.74 Å². The second-order valence-corrected chi connectivity index (χ2v) is 2.46. The third kappa shape index (κ3) is 3.09. The van der Waals surface area contributed by atoms with Crippen LogP contribution >= 0.6 is 21.6 Å². The quantitative estimate of drug-likeness (QED) is 0.651. The fraction of sp³-hybridized carbons (Fsp3) is 0.250. The van der Waals surface area contributed by atoms with Crippen LogP contribution in [0.5, 0.6) is 5.75 Å². The van der Waals surface area contributed by atoms with E-state index in [1.54, 1.807) is 7.11 Å². The lowest BCUT2D eigenvalue weighted by Crippen LogP contribution is -1.82. The molecule has 0 aliphatic heterocycles. The van der Waals surface area contributed by atoms with Crippen molar-refractivity contribution in [1.82, 2.24) is 0 Å². The highest BCUT2D eigenvalue weighted by molar-refractivity contribution is 7.15. The fourth-order valence-corrected chi connectivity index (χ4v) is 1.03. The average molecular weight is 191 g/mol. The van der Waals surface area contributed by atoms with Crippen molar-refractivity contribution in [3.8, 4) is 5.75 Å². The molecule has 0 aliphatic carbocycles. The summed E-state index contributed by atoms with van der Waals surface area (Å²) in [5.41, 5.74) is 1.31. The molecule has 1 rings (SSSR count). The van der Waals surface area contributed by atoms with E-state index in [0.29, 0.717) is 0 Å². The molecule has 1 nitrogen and oxygen atoms in total. The van der Waals surface area contributed by atoms with Gasteiger partial charge < -0.3 is 4.74 Å². The Bertz CT molecular complexity index is 175. The Hall–Kier alpha value is -0.260. The Kier molecular flexibility index (Phi) is 5.27. The molecule has 3 heteroatoms. The van der Waals surface area contributed by atoms with Gasteiger partial charge in [0.2, 0.25) is 0 Å². The number of halogens is 1. The Morgan fingerprint density at radius 2 is 1.82 bits per heavy atom. The molecule has 0 saturated heterocycles. The zero-order chi connectivity index (χ0) is 7.40. The molecule has 0 heterocycles. The van der Waals surface area contributed by atoms with Crippen LogP contribution in [0.3, 0.4) is 0 Å². The zero-order valence-electron chi connectivity index (χ0n) is 6.41. The molecule has 0 amide bonds. The molecule has 1 aromatic rings. The van der Waals surface area contributed by atoms with Crippen LogP contribution in [0.25, 0.3) is 0 Å². The van der Waals surface area contributed by atoms with E-state index in [1.165, 1.54) is 5.56 Å². The van der Waals surface area contributed by atoms with E-state index < -0.39 is 0 Å².